The number of amides is 2. The van der Waals surface area contributed by atoms with Crippen molar-refractivity contribution in [1.29, 1.82) is 0 Å². The van der Waals surface area contributed by atoms with E-state index in [2.05, 4.69) is 15.5 Å². The van der Waals surface area contributed by atoms with Crippen LogP contribution in [0.25, 0.3) is 0 Å². The minimum atomic E-state index is -1.23. The lowest BCUT2D eigenvalue weighted by Gasteiger charge is -2.49. The van der Waals surface area contributed by atoms with E-state index < -0.39 is 35.2 Å². The number of thiazole rings is 1. The number of hydrogen-bond acceptors (Lipinski definition) is 12. The number of β-lactam (4-membered cyclic amide) rings is 1. The van der Waals surface area contributed by atoms with Gasteiger partial charge in [0.15, 0.2) is 10.8 Å². The first-order chi connectivity index (χ1) is 15.8. The number of nitrogens with zero attached hydrogens (tertiary/aromatic N) is 3. The van der Waals surface area contributed by atoms with Crippen molar-refractivity contribution in [2.24, 2.45) is 5.16 Å². The van der Waals surface area contributed by atoms with E-state index in [0.29, 0.717) is 22.0 Å². The number of hydrogen-bond donors (Lipinski definition) is 3. The van der Waals surface area contributed by atoms with Crippen molar-refractivity contribution in [1.82, 2.24) is 15.2 Å². The second kappa shape index (κ2) is 9.44. The second-order valence-corrected chi connectivity index (χ2v) is 9.92. The van der Waals surface area contributed by atoms with Crippen molar-refractivity contribution >= 4 is 69.5 Å². The van der Waals surface area contributed by atoms with E-state index in [9.17, 15) is 24.3 Å². The molecule has 1 aromatic heterocycles. The fraction of sp³-hybridized carbons (Fsp3) is 0.333. The number of nitrogens with one attached hydrogen (secondary N) is 1. The molecule has 15 heteroatoms. The number of carboxylic acid groups (broad SMARTS) is 1. The summed E-state index contributed by atoms with van der Waals surface area (Å²) < 4.78 is 4.84. The molecule has 174 valence electrons. The maximum Gasteiger partial charge on any atom is 0.352 e. The van der Waals surface area contributed by atoms with E-state index in [-0.39, 0.29) is 28.8 Å². The first-order valence-electron chi connectivity index (χ1n) is 9.33. The number of fused-ring (bicyclic) bond motifs is 1. The van der Waals surface area contributed by atoms with Gasteiger partial charge in [-0.15, -0.1) is 34.9 Å². The number of carboxylic acids is 1. The molecular weight excluding hydrogens is 494 g/mol. The van der Waals surface area contributed by atoms with Crippen molar-refractivity contribution in [2.75, 3.05) is 31.0 Å². The molecule has 12 nitrogen and oxygen atoms in total. The van der Waals surface area contributed by atoms with Gasteiger partial charge in [0, 0.05) is 27.9 Å². The van der Waals surface area contributed by atoms with Crippen LogP contribution in [-0.2, 0) is 28.8 Å². The summed E-state index contributed by atoms with van der Waals surface area (Å²) in [7, 11) is 1.27. The summed E-state index contributed by atoms with van der Waals surface area (Å²) in [5.41, 5.74) is 6.11. The van der Waals surface area contributed by atoms with Crippen molar-refractivity contribution in [3.05, 3.63) is 33.3 Å². The molecule has 1 saturated heterocycles. The molecule has 3 aliphatic heterocycles. The predicted octanol–water partition coefficient (Wildman–Crippen LogP) is -0.0117. The Kier molecular flexibility index (Phi) is 6.62. The largest absolute Gasteiger partial charge is 0.477 e. The molecule has 0 aromatic carbocycles. The van der Waals surface area contributed by atoms with Crippen LogP contribution in [-0.4, -0.2) is 81.1 Å². The first-order valence-corrected chi connectivity index (χ1v) is 12.2. The first kappa shape index (κ1) is 23.1. The van der Waals surface area contributed by atoms with Gasteiger partial charge in [-0.2, -0.15) is 0 Å². The van der Waals surface area contributed by atoms with Crippen LogP contribution >= 0.6 is 34.9 Å². The Bertz CT molecular complexity index is 1130. The molecule has 0 aliphatic carbocycles. The Hall–Kier alpha value is -3.04. The zero-order chi connectivity index (χ0) is 23.7. The summed E-state index contributed by atoms with van der Waals surface area (Å²) in [6.07, 6.45) is 1.36. The maximum absolute atomic E-state index is 12.8. The van der Waals surface area contributed by atoms with Gasteiger partial charge in [-0.3, -0.25) is 14.5 Å². The molecule has 1 aromatic rings. The molecule has 2 atom stereocenters. The normalized spacial score (nSPS) is 22.4. The number of carbonyl (C=O) groups excluding carboxylic acids is 3. The number of esters is 1. The second-order valence-electron chi connectivity index (χ2n) is 6.82. The van der Waals surface area contributed by atoms with Crippen LogP contribution in [0.3, 0.4) is 0 Å². The third-order valence-corrected chi connectivity index (χ3v) is 7.88. The molecule has 3 aliphatic rings. The van der Waals surface area contributed by atoms with Crippen molar-refractivity contribution in [3.63, 3.8) is 0 Å². The highest BCUT2D eigenvalue weighted by atomic mass is 32.2. The van der Waals surface area contributed by atoms with Crippen LogP contribution < -0.4 is 11.1 Å². The van der Waals surface area contributed by atoms with Gasteiger partial charge in [-0.25, -0.2) is 14.6 Å². The van der Waals surface area contributed by atoms with Gasteiger partial charge >= 0.3 is 11.9 Å². The molecule has 4 heterocycles. The lowest BCUT2D eigenvalue weighted by molar-refractivity contribution is -0.150. The molecule has 2 amide bonds. The van der Waals surface area contributed by atoms with Gasteiger partial charge in [0.1, 0.15) is 36.5 Å². The number of aromatic nitrogens is 1. The SMILES string of the molecule is CO/N=C(\C(=O)N[C@@H]1C(=O)N2C(C(=O)O)=C(CSC3=CC(=O)OC3)CS[C@@H]12)c1csc(N)n1. The van der Waals surface area contributed by atoms with Gasteiger partial charge in [-0.1, -0.05) is 5.16 Å². The summed E-state index contributed by atoms with van der Waals surface area (Å²) in [5.74, 6) is -2.27. The third kappa shape index (κ3) is 4.56. The number of rotatable bonds is 8. The van der Waals surface area contributed by atoms with Crippen LogP contribution in [0.4, 0.5) is 5.13 Å². The number of carbonyl (C=O) groups is 4. The zero-order valence-electron chi connectivity index (χ0n) is 17.0. The molecule has 33 heavy (non-hydrogen) atoms. The van der Waals surface area contributed by atoms with Gasteiger partial charge in [-0.05, 0) is 5.57 Å². The van der Waals surface area contributed by atoms with Crippen molar-refractivity contribution < 1.29 is 33.9 Å². The van der Waals surface area contributed by atoms with Gasteiger partial charge in [0.05, 0.1) is 0 Å². The highest BCUT2D eigenvalue weighted by Crippen LogP contribution is 2.41. The highest BCUT2D eigenvalue weighted by Gasteiger charge is 2.54. The standard InChI is InChI=1S/C18H17N5O7S3/c1-29-22-11(9-6-33-18(19)20-9)14(25)21-12-15(26)23-13(17(27)28)7(5-32-16(12)23)4-31-8-2-10(24)30-3-8/h2,6,12,16H,3-5H2,1H3,(H2,19,20)(H,21,25)(H,27,28)/b22-11-/t12-,16+/m1/s1. The Morgan fingerprint density at radius 3 is 2.88 bits per heavy atom. The molecule has 1 fully saturated rings. The van der Waals surface area contributed by atoms with E-state index in [0.717, 1.165) is 11.3 Å². The molecular formula is C18H17N5O7S3. The lowest BCUT2D eigenvalue weighted by atomic mass is 10.0. The molecule has 4 rings (SSSR count). The number of nitrogen functional groups attached to an aromatic ring is 1. The number of aliphatic carboxylic acids is 1. The molecule has 0 spiro atoms. The minimum absolute atomic E-state index is 0.106. The van der Waals surface area contributed by atoms with Crippen LogP contribution in [0.5, 0.6) is 0 Å². The maximum atomic E-state index is 12.8. The van der Waals surface area contributed by atoms with Crippen LogP contribution in [0, 0.1) is 0 Å². The predicted molar refractivity (Wildman–Crippen MR) is 121 cm³/mol. The van der Waals surface area contributed by atoms with E-state index in [1.807, 2.05) is 0 Å². The zero-order valence-corrected chi connectivity index (χ0v) is 19.4. The van der Waals surface area contributed by atoms with Crippen LogP contribution in [0.2, 0.25) is 0 Å². The van der Waals surface area contributed by atoms with Crippen molar-refractivity contribution in [3.8, 4) is 0 Å². The van der Waals surface area contributed by atoms with Gasteiger partial charge in [0.25, 0.3) is 11.8 Å². The number of oxime groups is 1. The molecule has 4 N–H and O–H groups in total. The number of nitrogens with two attached hydrogens (primary N) is 1. The lowest BCUT2D eigenvalue weighted by Crippen LogP contribution is -2.71. The van der Waals surface area contributed by atoms with E-state index in [4.69, 9.17) is 15.3 Å². The van der Waals surface area contributed by atoms with Crippen LogP contribution in [0.1, 0.15) is 5.69 Å². The third-order valence-electron chi connectivity index (χ3n) is 4.77. The summed E-state index contributed by atoms with van der Waals surface area (Å²) >= 11 is 3.75. The number of cyclic esters (lactones) is 1. The average Bonchev–Trinajstić information content (AvgIpc) is 3.40. The topological polar surface area (TPSA) is 174 Å². The smallest absolute Gasteiger partial charge is 0.352 e. The molecule has 0 bridgehead atoms. The quantitative estimate of drug-likeness (QED) is 0.185. The van der Waals surface area contributed by atoms with Crippen molar-refractivity contribution in [2.45, 2.75) is 11.4 Å². The Morgan fingerprint density at radius 2 is 2.27 bits per heavy atom. The summed E-state index contributed by atoms with van der Waals surface area (Å²) in [6.45, 7) is 0.154. The van der Waals surface area contributed by atoms with Gasteiger partial charge < -0.3 is 25.7 Å². The highest BCUT2D eigenvalue weighted by molar-refractivity contribution is 8.03. The van der Waals surface area contributed by atoms with E-state index in [1.54, 1.807) is 0 Å². The van der Waals surface area contributed by atoms with Gasteiger partial charge in [0.2, 0.25) is 0 Å². The summed E-state index contributed by atoms with van der Waals surface area (Å²) in [4.78, 5) is 59.3. The number of anilines is 1. The Morgan fingerprint density at radius 1 is 1.48 bits per heavy atom. The van der Waals surface area contributed by atoms with E-state index in [1.165, 1.54) is 47.0 Å². The fourth-order valence-corrected chi connectivity index (χ4v) is 6.26. The van der Waals surface area contributed by atoms with E-state index >= 15 is 0 Å². The average molecular weight is 512 g/mol. The number of ether oxygens (including phenoxy) is 1. The molecule has 0 radical (unpaired) electrons. The van der Waals surface area contributed by atoms with Crippen LogP contribution in [0.15, 0.2) is 32.8 Å². The molecule has 0 unspecified atom stereocenters. The fourth-order valence-electron chi connectivity index (χ4n) is 3.32. The Balaban J connectivity index is 1.48. The minimum Gasteiger partial charge on any atom is -0.477 e. The molecule has 0 saturated carbocycles. The summed E-state index contributed by atoms with van der Waals surface area (Å²) in [6, 6.07) is -0.937. The Labute approximate surface area is 199 Å². The number of thioether (sulfide) groups is 2. The monoisotopic (exact) mass is 511 g/mol. The summed E-state index contributed by atoms with van der Waals surface area (Å²) in [5, 5.41) is 17.2.